The summed E-state index contributed by atoms with van der Waals surface area (Å²) in [6.07, 6.45) is 4.81. The van der Waals surface area contributed by atoms with Crippen LogP contribution in [0.1, 0.15) is 23.2 Å². The van der Waals surface area contributed by atoms with Crippen molar-refractivity contribution in [2.75, 3.05) is 20.2 Å². The Hall–Kier alpha value is -2.63. The Bertz CT molecular complexity index is 638. The van der Waals surface area contributed by atoms with Crippen LogP contribution in [0.2, 0.25) is 0 Å². The van der Waals surface area contributed by atoms with Crippen LogP contribution < -0.4 is 9.47 Å². The zero-order valence-electron chi connectivity index (χ0n) is 13.0. The average molecular weight is 313 g/mol. The monoisotopic (exact) mass is 313 g/mol. The molecule has 23 heavy (non-hydrogen) atoms. The molecule has 0 unspecified atom stereocenters. The molecular formula is C17H19N3O3. The quantitative estimate of drug-likeness (QED) is 0.865. The highest BCUT2D eigenvalue weighted by Gasteiger charge is 2.24. The number of nitrogens with zero attached hydrogens (tertiary/aromatic N) is 3. The van der Waals surface area contributed by atoms with Crippen molar-refractivity contribution in [1.29, 1.82) is 0 Å². The topological polar surface area (TPSA) is 64.5 Å². The van der Waals surface area contributed by atoms with E-state index in [-0.39, 0.29) is 12.0 Å². The fourth-order valence-electron chi connectivity index (χ4n) is 2.61. The maximum absolute atomic E-state index is 12.5. The van der Waals surface area contributed by atoms with Crippen molar-refractivity contribution < 1.29 is 14.3 Å². The molecule has 0 bridgehead atoms. The predicted molar refractivity (Wildman–Crippen MR) is 84.6 cm³/mol. The number of rotatable bonds is 4. The normalized spacial score (nSPS) is 15.3. The minimum absolute atomic E-state index is 0.0492. The van der Waals surface area contributed by atoms with Crippen molar-refractivity contribution >= 4 is 5.91 Å². The number of ether oxygens (including phenoxy) is 2. The van der Waals surface area contributed by atoms with E-state index in [2.05, 4.69) is 9.97 Å². The van der Waals surface area contributed by atoms with Gasteiger partial charge in [0, 0.05) is 43.8 Å². The number of carbonyl (C=O) groups excluding carboxylic acids is 1. The molecule has 6 nitrogen and oxygen atoms in total. The summed E-state index contributed by atoms with van der Waals surface area (Å²) in [6.45, 7) is 1.36. The molecule has 1 aromatic heterocycles. The largest absolute Gasteiger partial charge is 0.497 e. The molecule has 1 aliphatic rings. The lowest BCUT2D eigenvalue weighted by Crippen LogP contribution is -2.41. The minimum atomic E-state index is 0.0492. The molecule has 0 aliphatic carbocycles. The average Bonchev–Trinajstić information content (AvgIpc) is 2.63. The van der Waals surface area contributed by atoms with Crippen LogP contribution in [0, 0.1) is 0 Å². The minimum Gasteiger partial charge on any atom is -0.497 e. The molecule has 2 aromatic rings. The van der Waals surface area contributed by atoms with E-state index in [1.807, 2.05) is 4.90 Å². The van der Waals surface area contributed by atoms with E-state index in [4.69, 9.17) is 9.47 Å². The Kier molecular flexibility index (Phi) is 4.71. The van der Waals surface area contributed by atoms with Gasteiger partial charge >= 0.3 is 0 Å². The summed E-state index contributed by atoms with van der Waals surface area (Å²) in [4.78, 5) is 22.3. The molecule has 1 aromatic carbocycles. The van der Waals surface area contributed by atoms with Gasteiger partial charge in [-0.1, -0.05) is 0 Å². The first-order valence-corrected chi connectivity index (χ1v) is 7.62. The Morgan fingerprint density at radius 2 is 1.91 bits per heavy atom. The Balaban J connectivity index is 1.54. The second kappa shape index (κ2) is 7.09. The number of benzene rings is 1. The molecule has 1 aliphatic heterocycles. The molecular weight excluding hydrogens is 294 g/mol. The van der Waals surface area contributed by atoms with Crippen molar-refractivity contribution in [3.05, 3.63) is 48.4 Å². The lowest BCUT2D eigenvalue weighted by Gasteiger charge is -2.32. The van der Waals surface area contributed by atoms with Crippen molar-refractivity contribution in [2.45, 2.75) is 18.9 Å². The fourth-order valence-corrected chi connectivity index (χ4v) is 2.61. The number of likely N-dealkylation sites (tertiary alicyclic amines) is 1. The van der Waals surface area contributed by atoms with Crippen LogP contribution in [-0.4, -0.2) is 47.1 Å². The lowest BCUT2D eigenvalue weighted by molar-refractivity contribution is 0.0587. The maximum atomic E-state index is 12.5. The van der Waals surface area contributed by atoms with Crippen molar-refractivity contribution in [3.8, 4) is 11.6 Å². The third-order valence-electron chi connectivity index (χ3n) is 3.91. The van der Waals surface area contributed by atoms with Crippen molar-refractivity contribution in [2.24, 2.45) is 0 Å². The molecule has 6 heteroatoms. The summed E-state index contributed by atoms with van der Waals surface area (Å²) in [5.74, 6) is 1.38. The van der Waals surface area contributed by atoms with Gasteiger partial charge in [0.1, 0.15) is 18.2 Å². The number of methoxy groups -OCH3 is 1. The van der Waals surface area contributed by atoms with Gasteiger partial charge in [-0.2, -0.15) is 0 Å². The highest BCUT2D eigenvalue weighted by atomic mass is 16.5. The molecule has 0 radical (unpaired) electrons. The molecule has 1 saturated heterocycles. The van der Waals surface area contributed by atoms with Crippen LogP contribution in [0.5, 0.6) is 11.6 Å². The Morgan fingerprint density at radius 1 is 1.17 bits per heavy atom. The summed E-state index contributed by atoms with van der Waals surface area (Å²) in [5, 5.41) is 0. The smallest absolute Gasteiger partial charge is 0.253 e. The van der Waals surface area contributed by atoms with E-state index < -0.39 is 0 Å². The van der Waals surface area contributed by atoms with Gasteiger partial charge in [-0.15, -0.1) is 0 Å². The second-order valence-corrected chi connectivity index (χ2v) is 5.39. The van der Waals surface area contributed by atoms with Gasteiger partial charge in [0.2, 0.25) is 5.88 Å². The first kappa shape index (κ1) is 15.3. The zero-order chi connectivity index (χ0) is 16.1. The summed E-state index contributed by atoms with van der Waals surface area (Å²) in [6, 6.07) is 8.95. The Morgan fingerprint density at radius 3 is 2.52 bits per heavy atom. The molecule has 0 atom stereocenters. The molecule has 1 fully saturated rings. The van der Waals surface area contributed by atoms with E-state index in [9.17, 15) is 4.79 Å². The summed E-state index contributed by atoms with van der Waals surface area (Å²) >= 11 is 0. The molecule has 1 amide bonds. The number of hydrogen-bond acceptors (Lipinski definition) is 5. The number of carbonyl (C=O) groups is 1. The summed E-state index contributed by atoms with van der Waals surface area (Å²) in [5.41, 5.74) is 0.681. The van der Waals surface area contributed by atoms with E-state index in [0.717, 1.165) is 18.6 Å². The fraction of sp³-hybridized carbons (Fsp3) is 0.353. The molecule has 0 N–H and O–H groups in total. The van der Waals surface area contributed by atoms with Gasteiger partial charge in [-0.25, -0.2) is 9.97 Å². The molecule has 3 rings (SSSR count). The number of piperidine rings is 1. The van der Waals surface area contributed by atoms with Crippen LogP contribution in [0.25, 0.3) is 0 Å². The van der Waals surface area contributed by atoms with Gasteiger partial charge in [0.25, 0.3) is 5.91 Å². The second-order valence-electron chi connectivity index (χ2n) is 5.39. The molecule has 0 saturated carbocycles. The standard InChI is InChI=1S/C17H19N3O3/c1-22-14-4-2-13(3-5-14)17(21)20-10-7-15(8-11-20)23-16-6-9-18-12-19-16/h2-6,9,12,15H,7-8,10-11H2,1H3. The van der Waals surface area contributed by atoms with Gasteiger partial charge in [-0.3, -0.25) is 4.79 Å². The summed E-state index contributed by atoms with van der Waals surface area (Å²) in [7, 11) is 1.61. The highest BCUT2D eigenvalue weighted by Crippen LogP contribution is 2.19. The molecule has 0 spiro atoms. The van der Waals surface area contributed by atoms with Crippen LogP contribution in [0.15, 0.2) is 42.9 Å². The third-order valence-corrected chi connectivity index (χ3v) is 3.91. The Labute approximate surface area is 135 Å². The van der Waals surface area contributed by atoms with Gasteiger partial charge < -0.3 is 14.4 Å². The number of hydrogen-bond donors (Lipinski definition) is 0. The van der Waals surface area contributed by atoms with E-state index in [0.29, 0.717) is 24.5 Å². The maximum Gasteiger partial charge on any atom is 0.253 e. The third kappa shape index (κ3) is 3.77. The first-order chi connectivity index (χ1) is 11.3. The van der Waals surface area contributed by atoms with E-state index in [1.54, 1.807) is 43.6 Å². The van der Waals surface area contributed by atoms with Crippen LogP contribution in [-0.2, 0) is 0 Å². The van der Waals surface area contributed by atoms with Crippen molar-refractivity contribution in [1.82, 2.24) is 14.9 Å². The predicted octanol–water partition coefficient (Wildman–Crippen LogP) is 2.17. The zero-order valence-corrected chi connectivity index (χ0v) is 13.0. The van der Waals surface area contributed by atoms with E-state index in [1.165, 1.54) is 6.33 Å². The SMILES string of the molecule is COc1ccc(C(=O)N2CCC(Oc3ccncn3)CC2)cc1. The number of amides is 1. The van der Waals surface area contributed by atoms with Crippen LogP contribution in [0.4, 0.5) is 0 Å². The first-order valence-electron chi connectivity index (χ1n) is 7.62. The lowest BCUT2D eigenvalue weighted by atomic mass is 10.1. The van der Waals surface area contributed by atoms with E-state index >= 15 is 0 Å². The van der Waals surface area contributed by atoms with Crippen LogP contribution >= 0.6 is 0 Å². The highest BCUT2D eigenvalue weighted by molar-refractivity contribution is 5.94. The molecule has 120 valence electrons. The van der Waals surface area contributed by atoms with Gasteiger partial charge in [-0.05, 0) is 24.3 Å². The van der Waals surface area contributed by atoms with Crippen LogP contribution in [0.3, 0.4) is 0 Å². The molecule has 2 heterocycles. The van der Waals surface area contributed by atoms with Crippen molar-refractivity contribution in [3.63, 3.8) is 0 Å². The van der Waals surface area contributed by atoms with Gasteiger partial charge in [0.05, 0.1) is 7.11 Å². The summed E-state index contributed by atoms with van der Waals surface area (Å²) < 4.78 is 10.9. The number of aromatic nitrogens is 2. The van der Waals surface area contributed by atoms with Gasteiger partial charge in [0.15, 0.2) is 0 Å².